The predicted molar refractivity (Wildman–Crippen MR) is 103 cm³/mol. The second-order valence-electron chi connectivity index (χ2n) is 6.70. The lowest BCUT2D eigenvalue weighted by Crippen LogP contribution is -2.20. The lowest BCUT2D eigenvalue weighted by molar-refractivity contribution is -0.117. The van der Waals surface area contributed by atoms with Crippen LogP contribution in [-0.4, -0.2) is 5.91 Å². The fourth-order valence-corrected chi connectivity index (χ4v) is 4.98. The van der Waals surface area contributed by atoms with E-state index in [2.05, 4.69) is 18.3 Å². The topological polar surface area (TPSA) is 52.9 Å². The van der Waals surface area contributed by atoms with Crippen molar-refractivity contribution in [1.29, 1.82) is 5.26 Å². The summed E-state index contributed by atoms with van der Waals surface area (Å²) in [7, 11) is 0. The number of amides is 1. The molecular weight excluding hydrogens is 328 g/mol. The molecule has 1 aliphatic carbocycles. The van der Waals surface area contributed by atoms with Crippen molar-refractivity contribution in [2.24, 2.45) is 5.92 Å². The number of hydrogen-bond donors (Lipinski definition) is 1. The van der Waals surface area contributed by atoms with Gasteiger partial charge in [0.15, 0.2) is 0 Å². The van der Waals surface area contributed by atoms with E-state index in [0.717, 1.165) is 36.2 Å². The maximum Gasteiger partial charge on any atom is 0.232 e. The summed E-state index contributed by atoms with van der Waals surface area (Å²) >= 11 is 1.60. The fraction of sp³-hybridized carbons (Fsp3) is 0.429. The highest BCUT2D eigenvalue weighted by Crippen LogP contribution is 2.40. The molecule has 2 aromatic rings. The van der Waals surface area contributed by atoms with Gasteiger partial charge in [-0.3, -0.25) is 4.79 Å². The molecule has 1 aromatic carbocycles. The van der Waals surface area contributed by atoms with Crippen LogP contribution in [0.5, 0.6) is 0 Å². The monoisotopic (exact) mass is 352 g/mol. The molecule has 3 nitrogen and oxygen atoms in total. The molecule has 1 amide bonds. The van der Waals surface area contributed by atoms with E-state index in [1.165, 1.54) is 16.9 Å². The van der Waals surface area contributed by atoms with Crippen LogP contribution in [0.1, 0.15) is 60.6 Å². The number of benzene rings is 1. The quantitative estimate of drug-likeness (QED) is 0.797. The van der Waals surface area contributed by atoms with Gasteiger partial charge in [-0.25, -0.2) is 0 Å². The van der Waals surface area contributed by atoms with Crippen molar-refractivity contribution in [2.75, 3.05) is 5.32 Å². The molecule has 2 atom stereocenters. The zero-order chi connectivity index (χ0) is 17.8. The zero-order valence-corrected chi connectivity index (χ0v) is 15.7. The number of hydrogen-bond acceptors (Lipinski definition) is 3. The molecular formula is C21H24N2OS. The van der Waals surface area contributed by atoms with E-state index in [1.54, 1.807) is 11.3 Å². The Bertz CT molecular complexity index is 788. The standard InChI is InChI=1S/C21H24N2OS/c1-3-14-10-11-17-18(13-22)21(25-19(17)12-14)23-20(24)16(4-2)15-8-6-5-7-9-15/h5-9,14,16H,3-4,10-12H2,1-2H3,(H,23,24). The number of carbonyl (C=O) groups excluding carboxylic acids is 1. The molecule has 130 valence electrons. The van der Waals surface area contributed by atoms with Gasteiger partial charge in [-0.1, -0.05) is 50.6 Å². The average molecular weight is 353 g/mol. The molecule has 4 heteroatoms. The molecule has 0 aliphatic heterocycles. The van der Waals surface area contributed by atoms with Crippen LogP contribution in [0.3, 0.4) is 0 Å². The van der Waals surface area contributed by atoms with E-state index in [0.29, 0.717) is 11.5 Å². The first kappa shape index (κ1) is 17.7. The molecule has 1 heterocycles. The first-order valence-corrected chi connectivity index (χ1v) is 9.89. The minimum Gasteiger partial charge on any atom is -0.316 e. The highest BCUT2D eigenvalue weighted by molar-refractivity contribution is 7.16. The Balaban J connectivity index is 1.84. The van der Waals surface area contributed by atoms with Crippen LogP contribution >= 0.6 is 11.3 Å². The SMILES string of the molecule is CCC1CCc2c(sc(NC(=O)C(CC)c3ccccc3)c2C#N)C1. The van der Waals surface area contributed by atoms with E-state index < -0.39 is 0 Å². The number of anilines is 1. The second kappa shape index (κ2) is 7.84. The summed E-state index contributed by atoms with van der Waals surface area (Å²) in [6, 6.07) is 12.2. The molecule has 0 bridgehead atoms. The van der Waals surface area contributed by atoms with Gasteiger partial charge in [0.2, 0.25) is 5.91 Å². The maximum absolute atomic E-state index is 12.8. The van der Waals surface area contributed by atoms with E-state index in [9.17, 15) is 10.1 Å². The summed E-state index contributed by atoms with van der Waals surface area (Å²) in [6.45, 7) is 4.25. The Labute approximate surface area is 153 Å². The Morgan fingerprint density at radius 2 is 2.12 bits per heavy atom. The number of carbonyl (C=O) groups is 1. The largest absolute Gasteiger partial charge is 0.316 e. The van der Waals surface area contributed by atoms with E-state index >= 15 is 0 Å². The zero-order valence-electron chi connectivity index (χ0n) is 14.8. The molecule has 1 N–H and O–H groups in total. The van der Waals surface area contributed by atoms with Crippen LogP contribution in [0, 0.1) is 17.2 Å². The van der Waals surface area contributed by atoms with Gasteiger partial charge in [0.05, 0.1) is 11.5 Å². The van der Waals surface area contributed by atoms with E-state index in [-0.39, 0.29) is 11.8 Å². The van der Waals surface area contributed by atoms with Crippen LogP contribution in [0.25, 0.3) is 0 Å². The van der Waals surface area contributed by atoms with Crippen molar-refractivity contribution < 1.29 is 4.79 Å². The first-order chi connectivity index (χ1) is 12.2. The highest BCUT2D eigenvalue weighted by atomic mass is 32.1. The van der Waals surface area contributed by atoms with Crippen molar-refractivity contribution in [3.63, 3.8) is 0 Å². The smallest absolute Gasteiger partial charge is 0.232 e. The van der Waals surface area contributed by atoms with Gasteiger partial charge in [0.1, 0.15) is 11.1 Å². The van der Waals surface area contributed by atoms with Crippen LogP contribution in [-0.2, 0) is 17.6 Å². The molecule has 25 heavy (non-hydrogen) atoms. The average Bonchev–Trinajstić information content (AvgIpc) is 2.99. The van der Waals surface area contributed by atoms with Gasteiger partial charge < -0.3 is 5.32 Å². The Morgan fingerprint density at radius 1 is 1.36 bits per heavy atom. The normalized spacial score (nSPS) is 17.4. The Morgan fingerprint density at radius 3 is 2.76 bits per heavy atom. The van der Waals surface area contributed by atoms with Crippen molar-refractivity contribution >= 4 is 22.2 Å². The Kier molecular flexibility index (Phi) is 5.55. The van der Waals surface area contributed by atoms with Gasteiger partial charge in [-0.2, -0.15) is 5.26 Å². The van der Waals surface area contributed by atoms with Crippen molar-refractivity contribution in [2.45, 2.75) is 51.9 Å². The molecule has 1 aliphatic rings. The van der Waals surface area contributed by atoms with Crippen LogP contribution in [0.15, 0.2) is 30.3 Å². The first-order valence-electron chi connectivity index (χ1n) is 9.08. The Hall–Kier alpha value is -2.12. The number of fused-ring (bicyclic) bond motifs is 1. The molecule has 0 spiro atoms. The summed E-state index contributed by atoms with van der Waals surface area (Å²) in [5.41, 5.74) is 2.87. The summed E-state index contributed by atoms with van der Waals surface area (Å²) in [6.07, 6.45) is 5.05. The summed E-state index contributed by atoms with van der Waals surface area (Å²) < 4.78 is 0. The van der Waals surface area contributed by atoms with Crippen LogP contribution in [0.4, 0.5) is 5.00 Å². The van der Waals surface area contributed by atoms with E-state index in [4.69, 9.17) is 0 Å². The van der Waals surface area contributed by atoms with Gasteiger partial charge in [-0.15, -0.1) is 11.3 Å². The summed E-state index contributed by atoms with van der Waals surface area (Å²) in [5.74, 6) is 0.500. The molecule has 1 aromatic heterocycles. The highest BCUT2D eigenvalue weighted by Gasteiger charge is 2.27. The fourth-order valence-electron chi connectivity index (χ4n) is 3.67. The minimum absolute atomic E-state index is 0.0177. The van der Waals surface area contributed by atoms with E-state index in [1.807, 2.05) is 37.3 Å². The number of nitriles is 1. The summed E-state index contributed by atoms with van der Waals surface area (Å²) in [4.78, 5) is 14.1. The molecule has 3 rings (SSSR count). The van der Waals surface area contributed by atoms with Crippen molar-refractivity contribution in [3.05, 3.63) is 51.9 Å². The van der Waals surface area contributed by atoms with Crippen LogP contribution in [0.2, 0.25) is 0 Å². The minimum atomic E-state index is -0.185. The van der Waals surface area contributed by atoms with Crippen molar-refractivity contribution in [3.8, 4) is 6.07 Å². The predicted octanol–water partition coefficient (Wildman–Crippen LogP) is 5.27. The number of rotatable bonds is 5. The summed E-state index contributed by atoms with van der Waals surface area (Å²) in [5, 5.41) is 13.4. The van der Waals surface area contributed by atoms with Gasteiger partial charge >= 0.3 is 0 Å². The van der Waals surface area contributed by atoms with Gasteiger partial charge in [0.25, 0.3) is 0 Å². The third kappa shape index (κ3) is 3.62. The number of nitrogens with one attached hydrogen (secondary N) is 1. The third-order valence-corrected chi connectivity index (χ3v) is 6.39. The molecule has 0 saturated heterocycles. The van der Waals surface area contributed by atoms with Gasteiger partial charge in [0, 0.05) is 4.88 Å². The van der Waals surface area contributed by atoms with Crippen LogP contribution < -0.4 is 5.32 Å². The lowest BCUT2D eigenvalue weighted by atomic mass is 9.86. The molecule has 0 saturated carbocycles. The van der Waals surface area contributed by atoms with Crippen molar-refractivity contribution in [1.82, 2.24) is 0 Å². The maximum atomic E-state index is 12.8. The lowest BCUT2D eigenvalue weighted by Gasteiger charge is -2.20. The number of thiophene rings is 1. The molecule has 0 radical (unpaired) electrons. The molecule has 0 fully saturated rings. The second-order valence-corrected chi connectivity index (χ2v) is 7.80. The number of nitrogens with zero attached hydrogens (tertiary/aromatic N) is 1. The molecule has 2 unspecified atom stereocenters. The third-order valence-electron chi connectivity index (χ3n) is 5.22. The van der Waals surface area contributed by atoms with Gasteiger partial charge in [-0.05, 0) is 42.7 Å².